The van der Waals surface area contributed by atoms with Crippen LogP contribution in [0.4, 0.5) is 5.69 Å². The van der Waals surface area contributed by atoms with Gasteiger partial charge in [-0.05, 0) is 38.1 Å². The van der Waals surface area contributed by atoms with Crippen LogP contribution < -0.4 is 10.6 Å². The highest BCUT2D eigenvalue weighted by molar-refractivity contribution is 5.94. The third-order valence-electron chi connectivity index (χ3n) is 4.69. The first-order chi connectivity index (χ1) is 11.6. The average molecular weight is 323 g/mol. The van der Waals surface area contributed by atoms with Crippen molar-refractivity contribution in [2.24, 2.45) is 0 Å². The van der Waals surface area contributed by atoms with E-state index in [0.29, 0.717) is 6.04 Å². The van der Waals surface area contributed by atoms with Gasteiger partial charge in [0.1, 0.15) is 0 Å². The normalized spacial score (nSPS) is 22.2. The number of carbonyl (C=O) groups excluding carboxylic acids is 1. The second-order valence-corrected chi connectivity index (χ2v) is 6.47. The van der Waals surface area contributed by atoms with E-state index in [1.54, 1.807) is 0 Å². The van der Waals surface area contributed by atoms with Gasteiger partial charge in [0.2, 0.25) is 5.91 Å². The summed E-state index contributed by atoms with van der Waals surface area (Å²) in [7, 11) is 2.15. The van der Waals surface area contributed by atoms with Crippen LogP contribution in [0.2, 0.25) is 0 Å². The minimum atomic E-state index is -0.243. The van der Waals surface area contributed by atoms with Crippen LogP contribution in [-0.4, -0.2) is 36.5 Å². The fourth-order valence-electron chi connectivity index (χ4n) is 3.43. The molecule has 0 aromatic heterocycles. The lowest BCUT2D eigenvalue weighted by Crippen LogP contribution is -2.46. The van der Waals surface area contributed by atoms with Gasteiger partial charge in [0.05, 0.1) is 6.04 Å². The van der Waals surface area contributed by atoms with E-state index in [9.17, 15) is 4.79 Å². The zero-order valence-electron chi connectivity index (χ0n) is 14.3. The number of hydrogen-bond acceptors (Lipinski definition) is 3. The van der Waals surface area contributed by atoms with Crippen molar-refractivity contribution in [3.8, 4) is 0 Å². The summed E-state index contributed by atoms with van der Waals surface area (Å²) in [5.41, 5.74) is 2.13. The molecule has 1 saturated heterocycles. The number of rotatable bonds is 5. The zero-order valence-corrected chi connectivity index (χ0v) is 14.3. The van der Waals surface area contributed by atoms with E-state index in [4.69, 9.17) is 0 Å². The third-order valence-corrected chi connectivity index (χ3v) is 4.69. The van der Waals surface area contributed by atoms with Gasteiger partial charge in [-0.3, -0.25) is 9.69 Å². The Kier molecular flexibility index (Phi) is 5.28. The Hall–Kier alpha value is -2.17. The van der Waals surface area contributed by atoms with Gasteiger partial charge in [-0.15, -0.1) is 0 Å². The molecule has 126 valence electrons. The van der Waals surface area contributed by atoms with Crippen LogP contribution in [0.5, 0.6) is 0 Å². The van der Waals surface area contributed by atoms with Crippen molar-refractivity contribution < 1.29 is 4.79 Å². The monoisotopic (exact) mass is 323 g/mol. The molecule has 4 nitrogen and oxygen atoms in total. The predicted octanol–water partition coefficient (Wildman–Crippen LogP) is 3.05. The summed E-state index contributed by atoms with van der Waals surface area (Å²) in [6, 6.07) is 20.4. The lowest BCUT2D eigenvalue weighted by Gasteiger charge is -2.28. The van der Waals surface area contributed by atoms with E-state index < -0.39 is 0 Å². The first kappa shape index (κ1) is 16.7. The summed E-state index contributed by atoms with van der Waals surface area (Å²) in [5, 5.41) is 6.49. The molecule has 4 heteroatoms. The van der Waals surface area contributed by atoms with E-state index in [1.807, 2.05) is 43.3 Å². The van der Waals surface area contributed by atoms with Crippen molar-refractivity contribution >= 4 is 11.6 Å². The average Bonchev–Trinajstić information content (AvgIpc) is 2.97. The van der Waals surface area contributed by atoms with Gasteiger partial charge in [0.25, 0.3) is 0 Å². The van der Waals surface area contributed by atoms with Crippen LogP contribution in [0.25, 0.3) is 0 Å². The van der Waals surface area contributed by atoms with Crippen molar-refractivity contribution in [2.75, 3.05) is 18.9 Å². The van der Waals surface area contributed by atoms with E-state index in [0.717, 1.165) is 18.7 Å². The van der Waals surface area contributed by atoms with Crippen molar-refractivity contribution in [1.82, 2.24) is 10.2 Å². The van der Waals surface area contributed by atoms with Gasteiger partial charge in [0, 0.05) is 24.3 Å². The first-order valence-electron chi connectivity index (χ1n) is 8.52. The highest BCUT2D eigenvalue weighted by Crippen LogP contribution is 2.31. The van der Waals surface area contributed by atoms with Crippen LogP contribution in [-0.2, 0) is 4.79 Å². The highest BCUT2D eigenvalue weighted by Gasteiger charge is 2.34. The Bertz CT molecular complexity index is 659. The van der Waals surface area contributed by atoms with Crippen molar-refractivity contribution in [1.29, 1.82) is 0 Å². The Morgan fingerprint density at radius 3 is 2.38 bits per heavy atom. The smallest absolute Gasteiger partial charge is 0.241 e. The minimum Gasteiger partial charge on any atom is -0.325 e. The number of likely N-dealkylation sites (N-methyl/N-ethyl adjacent to an activating group) is 1. The van der Waals surface area contributed by atoms with Crippen LogP contribution in [0.3, 0.4) is 0 Å². The maximum absolute atomic E-state index is 12.4. The summed E-state index contributed by atoms with van der Waals surface area (Å²) in [6.07, 6.45) is 1.04. The molecule has 2 aromatic carbocycles. The summed E-state index contributed by atoms with van der Waals surface area (Å²) < 4.78 is 0. The number of likely N-dealkylation sites (tertiary alicyclic amines) is 1. The van der Waals surface area contributed by atoms with E-state index in [2.05, 4.69) is 46.8 Å². The second kappa shape index (κ2) is 7.60. The third kappa shape index (κ3) is 3.83. The van der Waals surface area contributed by atoms with Crippen molar-refractivity contribution in [2.45, 2.75) is 31.5 Å². The molecule has 0 radical (unpaired) electrons. The Balaban J connectivity index is 1.64. The number of nitrogens with one attached hydrogen (secondary N) is 2. The maximum Gasteiger partial charge on any atom is 0.241 e. The topological polar surface area (TPSA) is 44.4 Å². The molecule has 1 fully saturated rings. The standard InChI is InChI=1S/C20H25N3O/c1-15(20(24)22-17-11-7-4-8-12-17)21-18-13-14-23(2)19(18)16-9-5-3-6-10-16/h3-12,15,18-19,21H,13-14H2,1-2H3,(H,22,24). The fourth-order valence-corrected chi connectivity index (χ4v) is 3.43. The van der Waals surface area contributed by atoms with E-state index >= 15 is 0 Å². The number of anilines is 1. The van der Waals surface area contributed by atoms with Crippen LogP contribution >= 0.6 is 0 Å². The molecule has 1 amide bonds. The largest absolute Gasteiger partial charge is 0.325 e. The molecule has 3 unspecified atom stereocenters. The molecular weight excluding hydrogens is 298 g/mol. The molecule has 1 heterocycles. The summed E-state index contributed by atoms with van der Waals surface area (Å²) >= 11 is 0. The molecule has 0 saturated carbocycles. The number of amides is 1. The number of nitrogens with zero attached hydrogens (tertiary/aromatic N) is 1. The van der Waals surface area contributed by atoms with Crippen LogP contribution in [0.1, 0.15) is 24.9 Å². The van der Waals surface area contributed by atoms with Gasteiger partial charge in [-0.2, -0.15) is 0 Å². The molecule has 0 aliphatic carbocycles. The Morgan fingerprint density at radius 1 is 1.08 bits per heavy atom. The molecule has 0 bridgehead atoms. The van der Waals surface area contributed by atoms with Gasteiger partial charge in [-0.25, -0.2) is 0 Å². The van der Waals surface area contributed by atoms with E-state index in [-0.39, 0.29) is 18.0 Å². The summed E-state index contributed by atoms with van der Waals surface area (Å²) in [4.78, 5) is 14.8. The molecule has 2 aromatic rings. The van der Waals surface area contributed by atoms with Gasteiger partial charge in [0.15, 0.2) is 0 Å². The highest BCUT2D eigenvalue weighted by atomic mass is 16.2. The number of carbonyl (C=O) groups is 1. The van der Waals surface area contributed by atoms with E-state index in [1.165, 1.54) is 5.56 Å². The number of hydrogen-bond donors (Lipinski definition) is 2. The maximum atomic E-state index is 12.4. The SMILES string of the molecule is CC(NC1CCN(C)C1c1ccccc1)C(=O)Nc1ccccc1. The van der Waals surface area contributed by atoms with Crippen LogP contribution in [0.15, 0.2) is 60.7 Å². The van der Waals surface area contributed by atoms with Crippen molar-refractivity contribution in [3.05, 3.63) is 66.2 Å². The fraction of sp³-hybridized carbons (Fsp3) is 0.350. The summed E-state index contributed by atoms with van der Waals surface area (Å²) in [5.74, 6) is 0.00237. The first-order valence-corrected chi connectivity index (χ1v) is 8.52. The van der Waals surface area contributed by atoms with Crippen molar-refractivity contribution in [3.63, 3.8) is 0 Å². The molecule has 1 aliphatic rings. The lowest BCUT2D eigenvalue weighted by atomic mass is 9.99. The molecule has 3 rings (SSSR count). The second-order valence-electron chi connectivity index (χ2n) is 6.47. The zero-order chi connectivity index (χ0) is 16.9. The number of benzene rings is 2. The minimum absolute atomic E-state index is 0.00237. The quantitative estimate of drug-likeness (QED) is 0.889. The molecule has 0 spiro atoms. The Labute approximate surface area is 143 Å². The molecule has 2 N–H and O–H groups in total. The van der Waals surface area contributed by atoms with Crippen LogP contribution in [0, 0.1) is 0 Å². The van der Waals surface area contributed by atoms with Gasteiger partial charge < -0.3 is 10.6 Å². The Morgan fingerprint density at radius 2 is 1.71 bits per heavy atom. The number of para-hydroxylation sites is 1. The molecule has 3 atom stereocenters. The van der Waals surface area contributed by atoms with Gasteiger partial charge in [-0.1, -0.05) is 48.5 Å². The summed E-state index contributed by atoms with van der Waals surface area (Å²) in [6.45, 7) is 2.96. The lowest BCUT2D eigenvalue weighted by molar-refractivity contribution is -0.118. The predicted molar refractivity (Wildman–Crippen MR) is 97.9 cm³/mol. The molecule has 1 aliphatic heterocycles. The molecular formula is C20H25N3O. The molecule has 24 heavy (non-hydrogen) atoms. The van der Waals surface area contributed by atoms with Gasteiger partial charge >= 0.3 is 0 Å².